The summed E-state index contributed by atoms with van der Waals surface area (Å²) in [5.74, 6) is 0. The van der Waals surface area contributed by atoms with Crippen molar-refractivity contribution in [2.24, 2.45) is 0 Å². The lowest BCUT2D eigenvalue weighted by molar-refractivity contribution is 0.644. The van der Waals surface area contributed by atoms with Crippen LogP contribution in [0.4, 0.5) is 5.69 Å². The van der Waals surface area contributed by atoms with Gasteiger partial charge in [0.15, 0.2) is 0 Å². The van der Waals surface area contributed by atoms with Crippen LogP contribution in [0.25, 0.3) is 0 Å². The van der Waals surface area contributed by atoms with Crippen LogP contribution < -0.4 is 5.32 Å². The molecule has 0 radical (unpaired) electrons. The average molecular weight is 265 g/mol. The van der Waals surface area contributed by atoms with E-state index < -0.39 is 0 Å². The van der Waals surface area contributed by atoms with Gasteiger partial charge in [0.2, 0.25) is 0 Å². The van der Waals surface area contributed by atoms with Gasteiger partial charge in [0.1, 0.15) is 0 Å². The van der Waals surface area contributed by atoms with E-state index >= 15 is 0 Å². The predicted molar refractivity (Wildman–Crippen MR) is 86.2 cm³/mol. The fourth-order valence-electron chi connectivity index (χ4n) is 3.15. The van der Waals surface area contributed by atoms with Crippen LogP contribution >= 0.6 is 0 Å². The first kappa shape index (κ1) is 13.2. The van der Waals surface area contributed by atoms with Crippen LogP contribution in [0.1, 0.15) is 48.9 Å². The van der Waals surface area contributed by atoms with Crippen molar-refractivity contribution >= 4 is 5.69 Å². The monoisotopic (exact) mass is 265 g/mol. The van der Waals surface area contributed by atoms with Gasteiger partial charge in [-0.25, -0.2) is 0 Å². The Morgan fingerprint density at radius 1 is 1.05 bits per heavy atom. The molecule has 1 heteroatoms. The van der Waals surface area contributed by atoms with Crippen LogP contribution in [0.5, 0.6) is 0 Å². The molecule has 3 rings (SSSR count). The minimum atomic E-state index is 0.459. The molecule has 0 heterocycles. The van der Waals surface area contributed by atoms with Crippen molar-refractivity contribution < 1.29 is 0 Å². The van der Waals surface area contributed by atoms with Crippen molar-refractivity contribution in [1.82, 2.24) is 0 Å². The van der Waals surface area contributed by atoms with Gasteiger partial charge in [0, 0.05) is 5.69 Å². The molecule has 0 amide bonds. The van der Waals surface area contributed by atoms with Gasteiger partial charge >= 0.3 is 0 Å². The van der Waals surface area contributed by atoms with Crippen molar-refractivity contribution in [2.75, 3.05) is 5.32 Å². The molecule has 0 fully saturated rings. The predicted octanol–water partition coefficient (Wildman–Crippen LogP) is 5.13. The van der Waals surface area contributed by atoms with E-state index in [0.717, 1.165) is 6.42 Å². The Balaban J connectivity index is 1.86. The summed E-state index contributed by atoms with van der Waals surface area (Å²) in [5, 5.41) is 3.75. The summed E-state index contributed by atoms with van der Waals surface area (Å²) in [6.07, 6.45) is 6.16. The molecule has 20 heavy (non-hydrogen) atoms. The second kappa shape index (κ2) is 6.13. The minimum Gasteiger partial charge on any atom is -0.378 e. The van der Waals surface area contributed by atoms with Gasteiger partial charge in [0.25, 0.3) is 0 Å². The fraction of sp³-hybridized carbons (Fsp3) is 0.368. The van der Waals surface area contributed by atoms with Gasteiger partial charge in [-0.3, -0.25) is 0 Å². The van der Waals surface area contributed by atoms with E-state index in [1.165, 1.54) is 48.1 Å². The molecule has 1 atom stereocenters. The molecule has 0 bridgehead atoms. The molecule has 2 aromatic carbocycles. The molecule has 0 spiro atoms. The number of hydrogen-bond donors (Lipinski definition) is 1. The summed E-state index contributed by atoms with van der Waals surface area (Å²) in [5.41, 5.74) is 5.67. The van der Waals surface area contributed by atoms with Crippen LogP contribution in [0.3, 0.4) is 0 Å². The van der Waals surface area contributed by atoms with Crippen LogP contribution in [-0.4, -0.2) is 0 Å². The van der Waals surface area contributed by atoms with Crippen LogP contribution in [0.2, 0.25) is 0 Å². The molecule has 1 nitrogen and oxygen atoms in total. The topological polar surface area (TPSA) is 12.0 Å². The molecular weight excluding hydrogens is 242 g/mol. The maximum Gasteiger partial charge on any atom is 0.0516 e. The number of anilines is 1. The maximum absolute atomic E-state index is 3.75. The van der Waals surface area contributed by atoms with Crippen molar-refractivity contribution in [1.29, 1.82) is 0 Å². The Bertz CT molecular complexity index is 573. The smallest absolute Gasteiger partial charge is 0.0516 e. The number of benzene rings is 2. The standard InChI is InChI=1S/C19H23N/c1-2-15-8-7-11-17(14-15)20-19-13-6-4-10-16-9-3-5-12-18(16)19/h3,5,7-9,11-12,14,19-20H,2,4,6,10,13H2,1H3. The molecule has 104 valence electrons. The molecule has 1 unspecified atom stereocenters. The third-order valence-electron chi connectivity index (χ3n) is 4.30. The SMILES string of the molecule is CCc1cccc(NC2CCCCc3ccccc32)c1. The Kier molecular flexibility index (Phi) is 4.05. The number of rotatable bonds is 3. The number of aryl methyl sites for hydroxylation is 2. The van der Waals surface area contributed by atoms with E-state index in [0.29, 0.717) is 6.04 Å². The molecule has 0 aromatic heterocycles. The number of hydrogen-bond acceptors (Lipinski definition) is 1. The van der Waals surface area contributed by atoms with Gasteiger partial charge in [-0.2, -0.15) is 0 Å². The molecule has 0 aliphatic heterocycles. The zero-order valence-corrected chi connectivity index (χ0v) is 12.2. The van der Waals surface area contributed by atoms with E-state index in [9.17, 15) is 0 Å². The molecule has 1 aliphatic carbocycles. The Morgan fingerprint density at radius 2 is 1.95 bits per heavy atom. The second-order valence-corrected chi connectivity index (χ2v) is 5.70. The fourth-order valence-corrected chi connectivity index (χ4v) is 3.15. The Morgan fingerprint density at radius 3 is 2.85 bits per heavy atom. The normalized spacial score (nSPS) is 18.1. The van der Waals surface area contributed by atoms with E-state index in [-0.39, 0.29) is 0 Å². The highest BCUT2D eigenvalue weighted by Crippen LogP contribution is 2.31. The van der Waals surface area contributed by atoms with Crippen molar-refractivity contribution in [3.63, 3.8) is 0 Å². The van der Waals surface area contributed by atoms with Crippen molar-refractivity contribution in [2.45, 2.75) is 45.1 Å². The highest BCUT2D eigenvalue weighted by Gasteiger charge is 2.17. The minimum absolute atomic E-state index is 0.459. The number of nitrogens with one attached hydrogen (secondary N) is 1. The molecule has 0 saturated carbocycles. The van der Waals surface area contributed by atoms with Crippen LogP contribution in [0.15, 0.2) is 48.5 Å². The quantitative estimate of drug-likeness (QED) is 0.759. The molecular formula is C19H23N. The number of fused-ring (bicyclic) bond motifs is 1. The molecule has 2 aromatic rings. The van der Waals surface area contributed by atoms with E-state index in [1.807, 2.05) is 0 Å². The van der Waals surface area contributed by atoms with Crippen molar-refractivity contribution in [3.8, 4) is 0 Å². The Labute approximate surface area is 122 Å². The summed E-state index contributed by atoms with van der Waals surface area (Å²) in [7, 11) is 0. The Hall–Kier alpha value is -1.76. The first-order valence-electron chi connectivity index (χ1n) is 7.80. The van der Waals surface area contributed by atoms with Crippen LogP contribution in [-0.2, 0) is 12.8 Å². The summed E-state index contributed by atoms with van der Waals surface area (Å²) < 4.78 is 0. The lowest BCUT2D eigenvalue weighted by Crippen LogP contribution is -2.11. The molecule has 1 aliphatic rings. The molecule has 0 saturated heterocycles. The summed E-state index contributed by atoms with van der Waals surface area (Å²) in [6, 6.07) is 18.2. The van der Waals surface area contributed by atoms with Gasteiger partial charge in [-0.05, 0) is 54.5 Å². The summed E-state index contributed by atoms with van der Waals surface area (Å²) in [6.45, 7) is 2.21. The van der Waals surface area contributed by atoms with Gasteiger partial charge in [0.05, 0.1) is 6.04 Å². The van der Waals surface area contributed by atoms with E-state index in [4.69, 9.17) is 0 Å². The highest BCUT2D eigenvalue weighted by molar-refractivity contribution is 5.49. The average Bonchev–Trinajstić information content (AvgIpc) is 2.70. The highest BCUT2D eigenvalue weighted by atomic mass is 14.9. The van der Waals surface area contributed by atoms with Gasteiger partial charge < -0.3 is 5.32 Å². The summed E-state index contributed by atoms with van der Waals surface area (Å²) >= 11 is 0. The zero-order chi connectivity index (χ0) is 13.8. The third kappa shape index (κ3) is 2.87. The van der Waals surface area contributed by atoms with E-state index in [1.54, 1.807) is 0 Å². The lowest BCUT2D eigenvalue weighted by atomic mass is 9.98. The summed E-state index contributed by atoms with van der Waals surface area (Å²) in [4.78, 5) is 0. The second-order valence-electron chi connectivity index (χ2n) is 5.70. The van der Waals surface area contributed by atoms with Gasteiger partial charge in [-0.1, -0.05) is 49.7 Å². The third-order valence-corrected chi connectivity index (χ3v) is 4.30. The van der Waals surface area contributed by atoms with Crippen LogP contribution in [0, 0.1) is 0 Å². The van der Waals surface area contributed by atoms with Gasteiger partial charge in [-0.15, -0.1) is 0 Å². The van der Waals surface area contributed by atoms with E-state index in [2.05, 4.69) is 60.8 Å². The zero-order valence-electron chi connectivity index (χ0n) is 12.2. The lowest BCUT2D eigenvalue weighted by Gasteiger charge is -2.21. The first-order valence-corrected chi connectivity index (χ1v) is 7.80. The first-order chi connectivity index (χ1) is 9.86. The maximum atomic E-state index is 3.75. The largest absolute Gasteiger partial charge is 0.378 e. The molecule has 1 N–H and O–H groups in total. The van der Waals surface area contributed by atoms with Crippen molar-refractivity contribution in [3.05, 3.63) is 65.2 Å².